The van der Waals surface area contributed by atoms with Crippen molar-refractivity contribution < 1.29 is 14.6 Å². The Morgan fingerprint density at radius 1 is 1.53 bits per heavy atom. The molecule has 5 nitrogen and oxygen atoms in total. The highest BCUT2D eigenvalue weighted by Crippen LogP contribution is 2.32. The smallest absolute Gasteiger partial charge is 0.341 e. The number of nitrogens with one attached hydrogen (secondary N) is 1. The molecule has 1 heterocycles. The van der Waals surface area contributed by atoms with E-state index in [9.17, 15) is 4.79 Å². The number of rotatable bonds is 4. The number of nitrogen functional groups attached to an aromatic ring is 1. The number of carbonyl (C=O) groups is 1. The first-order chi connectivity index (χ1) is 8.08. The van der Waals surface area contributed by atoms with Crippen molar-refractivity contribution in [3.63, 3.8) is 0 Å². The third-order valence-electron chi connectivity index (χ3n) is 2.14. The van der Waals surface area contributed by atoms with Crippen LogP contribution in [0, 0.1) is 5.41 Å². The molecule has 0 atom stereocenters. The average Bonchev–Trinajstić information content (AvgIpc) is 2.70. The Hall–Kier alpha value is -2.08. The Labute approximate surface area is 101 Å². The number of carboxylic acid groups (broad SMARTS) is 1. The van der Waals surface area contributed by atoms with Gasteiger partial charge in [0.15, 0.2) is 6.61 Å². The van der Waals surface area contributed by atoms with E-state index in [1.807, 2.05) is 6.07 Å². The summed E-state index contributed by atoms with van der Waals surface area (Å²) in [5, 5.41) is 16.7. The van der Waals surface area contributed by atoms with Crippen molar-refractivity contribution in [3.05, 3.63) is 29.1 Å². The van der Waals surface area contributed by atoms with Gasteiger partial charge < -0.3 is 15.6 Å². The summed E-state index contributed by atoms with van der Waals surface area (Å²) in [6, 6.07) is 7.08. The Kier molecular flexibility index (Phi) is 2.97. The van der Waals surface area contributed by atoms with Crippen LogP contribution in [-0.4, -0.2) is 23.5 Å². The third kappa shape index (κ3) is 2.36. The van der Waals surface area contributed by atoms with Crippen molar-refractivity contribution in [1.82, 2.24) is 0 Å². The van der Waals surface area contributed by atoms with Crippen molar-refractivity contribution in [3.8, 4) is 5.75 Å². The van der Waals surface area contributed by atoms with Crippen molar-refractivity contribution in [2.75, 3.05) is 6.61 Å². The summed E-state index contributed by atoms with van der Waals surface area (Å²) in [5.41, 5.74) is 5.41. The second-order valence-corrected chi connectivity index (χ2v) is 4.46. The molecule has 0 aliphatic rings. The first-order valence-electron chi connectivity index (χ1n) is 4.79. The average molecular weight is 250 g/mol. The van der Waals surface area contributed by atoms with Crippen LogP contribution in [0.4, 0.5) is 0 Å². The quantitative estimate of drug-likeness (QED) is 0.567. The monoisotopic (exact) mass is 250 g/mol. The fourth-order valence-corrected chi connectivity index (χ4v) is 2.37. The van der Waals surface area contributed by atoms with Crippen LogP contribution >= 0.6 is 11.3 Å². The zero-order valence-electron chi connectivity index (χ0n) is 8.77. The van der Waals surface area contributed by atoms with Gasteiger partial charge in [-0.3, -0.25) is 5.41 Å². The maximum Gasteiger partial charge on any atom is 0.341 e. The first kappa shape index (κ1) is 11.4. The van der Waals surface area contributed by atoms with Crippen molar-refractivity contribution in [1.29, 1.82) is 5.41 Å². The topological polar surface area (TPSA) is 96.4 Å². The molecule has 0 saturated heterocycles. The van der Waals surface area contributed by atoms with Crippen LogP contribution in [0.15, 0.2) is 24.3 Å². The molecular weight excluding hydrogens is 240 g/mol. The molecular formula is C11H10N2O3S. The Bertz CT molecular complexity index is 591. The Morgan fingerprint density at radius 3 is 2.94 bits per heavy atom. The molecule has 0 amide bonds. The predicted octanol–water partition coefficient (Wildman–Crippen LogP) is 1.65. The molecule has 17 heavy (non-hydrogen) atoms. The van der Waals surface area contributed by atoms with Gasteiger partial charge in [-0.15, -0.1) is 11.3 Å². The number of amidine groups is 1. The van der Waals surface area contributed by atoms with Gasteiger partial charge >= 0.3 is 5.97 Å². The molecule has 6 heteroatoms. The van der Waals surface area contributed by atoms with Crippen LogP contribution in [0.25, 0.3) is 10.1 Å². The molecule has 1 aromatic heterocycles. The standard InChI is InChI=1S/C11H10N2O3S/c12-11(13)9-4-6-7(16-5-10(14)15)2-1-3-8(6)17-9/h1-4H,5H2,(H3,12,13)(H,14,15). The number of benzene rings is 1. The molecule has 2 rings (SSSR count). The van der Waals surface area contributed by atoms with Gasteiger partial charge in [0.05, 0.1) is 4.88 Å². The van der Waals surface area contributed by atoms with Gasteiger partial charge in [0.25, 0.3) is 0 Å². The van der Waals surface area contributed by atoms with E-state index in [1.54, 1.807) is 18.2 Å². The highest BCUT2D eigenvalue weighted by molar-refractivity contribution is 7.20. The molecule has 4 N–H and O–H groups in total. The van der Waals surface area contributed by atoms with Gasteiger partial charge in [0.2, 0.25) is 0 Å². The number of thiophene rings is 1. The second-order valence-electron chi connectivity index (χ2n) is 3.37. The van der Waals surface area contributed by atoms with Crippen LogP contribution in [0.5, 0.6) is 5.75 Å². The molecule has 1 aromatic carbocycles. The maximum absolute atomic E-state index is 10.4. The SMILES string of the molecule is N=C(N)c1cc2c(OCC(=O)O)cccc2s1. The largest absolute Gasteiger partial charge is 0.481 e. The van der Waals surface area contributed by atoms with Gasteiger partial charge in [0, 0.05) is 10.1 Å². The first-order valence-corrected chi connectivity index (χ1v) is 5.61. The highest BCUT2D eigenvalue weighted by Gasteiger charge is 2.09. The molecule has 0 unspecified atom stereocenters. The minimum absolute atomic E-state index is 0.00427. The minimum atomic E-state index is -1.02. The number of aliphatic carboxylic acids is 1. The van der Waals surface area contributed by atoms with Crippen LogP contribution in [0.2, 0.25) is 0 Å². The fourth-order valence-electron chi connectivity index (χ4n) is 1.43. The normalized spacial score (nSPS) is 10.4. The van der Waals surface area contributed by atoms with E-state index in [0.717, 1.165) is 10.1 Å². The number of carboxylic acids is 1. The Balaban J connectivity index is 2.42. The number of hydrogen-bond donors (Lipinski definition) is 3. The van der Waals surface area contributed by atoms with Crippen molar-refractivity contribution >= 4 is 33.2 Å². The lowest BCUT2D eigenvalue weighted by Gasteiger charge is -2.03. The third-order valence-corrected chi connectivity index (χ3v) is 3.27. The molecule has 0 aliphatic carbocycles. The van der Waals surface area contributed by atoms with Crippen LogP contribution in [0.3, 0.4) is 0 Å². The summed E-state index contributed by atoms with van der Waals surface area (Å²) in [7, 11) is 0. The zero-order valence-corrected chi connectivity index (χ0v) is 9.58. The van der Waals surface area contributed by atoms with Gasteiger partial charge in [-0.05, 0) is 18.2 Å². The number of hydrogen-bond acceptors (Lipinski definition) is 4. The van der Waals surface area contributed by atoms with E-state index in [4.69, 9.17) is 21.0 Å². The van der Waals surface area contributed by atoms with Gasteiger partial charge in [-0.1, -0.05) is 6.07 Å². The predicted molar refractivity (Wildman–Crippen MR) is 66.0 cm³/mol. The molecule has 0 saturated carbocycles. The maximum atomic E-state index is 10.4. The van der Waals surface area contributed by atoms with Crippen LogP contribution < -0.4 is 10.5 Å². The van der Waals surface area contributed by atoms with Crippen molar-refractivity contribution in [2.24, 2.45) is 5.73 Å². The van der Waals surface area contributed by atoms with Crippen LogP contribution in [0.1, 0.15) is 4.88 Å². The molecule has 0 fully saturated rings. The Morgan fingerprint density at radius 2 is 2.29 bits per heavy atom. The minimum Gasteiger partial charge on any atom is -0.481 e. The lowest BCUT2D eigenvalue weighted by atomic mass is 10.2. The van der Waals surface area contributed by atoms with E-state index in [1.165, 1.54) is 11.3 Å². The molecule has 2 aromatic rings. The number of ether oxygens (including phenoxy) is 1. The molecule has 0 radical (unpaired) electrons. The van der Waals surface area contributed by atoms with Crippen molar-refractivity contribution in [2.45, 2.75) is 0 Å². The summed E-state index contributed by atoms with van der Waals surface area (Å²) in [5.74, 6) is -0.534. The van der Waals surface area contributed by atoms with E-state index >= 15 is 0 Å². The summed E-state index contributed by atoms with van der Waals surface area (Å²) in [4.78, 5) is 11.1. The van der Waals surface area contributed by atoms with Gasteiger partial charge in [-0.2, -0.15) is 0 Å². The molecule has 0 bridgehead atoms. The highest BCUT2D eigenvalue weighted by atomic mass is 32.1. The molecule has 0 spiro atoms. The van der Waals surface area contributed by atoms with E-state index in [2.05, 4.69) is 0 Å². The van der Waals surface area contributed by atoms with Crippen LogP contribution in [-0.2, 0) is 4.79 Å². The lowest BCUT2D eigenvalue weighted by Crippen LogP contribution is -2.09. The summed E-state index contributed by atoms with van der Waals surface area (Å²) < 4.78 is 6.08. The van der Waals surface area contributed by atoms with Gasteiger partial charge in [-0.25, -0.2) is 4.79 Å². The summed E-state index contributed by atoms with van der Waals surface area (Å²) in [6.07, 6.45) is 0. The van der Waals surface area contributed by atoms with E-state index in [0.29, 0.717) is 10.6 Å². The van der Waals surface area contributed by atoms with E-state index in [-0.39, 0.29) is 12.4 Å². The number of nitrogens with two attached hydrogens (primary N) is 1. The zero-order chi connectivity index (χ0) is 12.4. The second kappa shape index (κ2) is 4.42. The summed E-state index contributed by atoms with van der Waals surface area (Å²) in [6.45, 7) is -0.385. The lowest BCUT2D eigenvalue weighted by molar-refractivity contribution is -0.139. The van der Waals surface area contributed by atoms with Gasteiger partial charge in [0.1, 0.15) is 11.6 Å². The van der Waals surface area contributed by atoms with E-state index < -0.39 is 5.97 Å². The molecule has 0 aliphatic heterocycles. The number of fused-ring (bicyclic) bond motifs is 1. The molecule has 88 valence electrons. The fraction of sp³-hybridized carbons (Fsp3) is 0.0909. The summed E-state index contributed by atoms with van der Waals surface area (Å²) >= 11 is 1.38.